The molecule has 0 amide bonds. The monoisotopic (exact) mass is 547 g/mol. The minimum absolute atomic E-state index is 0.422. The summed E-state index contributed by atoms with van der Waals surface area (Å²) in [5.41, 5.74) is 4.85. The van der Waals surface area contributed by atoms with Gasteiger partial charge in [-0.3, -0.25) is 4.21 Å². The van der Waals surface area contributed by atoms with Crippen LogP contribution in [0.3, 0.4) is 0 Å². The predicted molar refractivity (Wildman–Crippen MR) is 151 cm³/mol. The van der Waals surface area contributed by atoms with E-state index in [1.165, 1.54) is 37.7 Å². The number of benzene rings is 2. The molecule has 1 saturated carbocycles. The van der Waals surface area contributed by atoms with Crippen molar-refractivity contribution in [3.8, 4) is 22.3 Å². The molecule has 3 aromatic rings. The van der Waals surface area contributed by atoms with Crippen LogP contribution in [0.5, 0.6) is 0 Å². The Morgan fingerprint density at radius 2 is 1.77 bits per heavy atom. The number of rotatable bonds is 8. The van der Waals surface area contributed by atoms with E-state index in [4.69, 9.17) is 40.2 Å². The Morgan fingerprint density at radius 1 is 1.03 bits per heavy atom. The standard InChI is InChI=1S/C28H31Cl2NO2S2/c1-3-33-11-12-35(32)23-14-21(13-22(29)16-23)25-17-31(2)18-26(28(25)34)24-10-9-20(15-27(24)30)19-7-5-4-6-8-19/h9-10,13-19H,3-8,11-12H2,1-2H3. The molecule has 3 nitrogen and oxygen atoms in total. The fourth-order valence-electron chi connectivity index (χ4n) is 4.79. The normalized spacial score (nSPS) is 15.3. The number of aryl methyl sites for hydroxylation is 1. The van der Waals surface area contributed by atoms with Gasteiger partial charge in [-0.25, -0.2) is 0 Å². The van der Waals surface area contributed by atoms with Gasteiger partial charge in [0, 0.05) is 57.7 Å². The Morgan fingerprint density at radius 3 is 2.49 bits per heavy atom. The van der Waals surface area contributed by atoms with Gasteiger partial charge in [0.15, 0.2) is 0 Å². The Kier molecular flexibility index (Phi) is 9.23. The highest BCUT2D eigenvalue weighted by molar-refractivity contribution is 7.85. The van der Waals surface area contributed by atoms with Gasteiger partial charge in [0.25, 0.3) is 0 Å². The summed E-state index contributed by atoms with van der Waals surface area (Å²) in [6.45, 7) is 2.97. The molecule has 1 atom stereocenters. The summed E-state index contributed by atoms with van der Waals surface area (Å²) < 4.78 is 20.9. The summed E-state index contributed by atoms with van der Waals surface area (Å²) in [5, 5.41) is 1.25. The lowest BCUT2D eigenvalue weighted by Gasteiger charge is -2.22. The van der Waals surface area contributed by atoms with Crippen molar-refractivity contribution in [2.45, 2.75) is 49.8 Å². The molecule has 1 fully saturated rings. The first-order valence-corrected chi connectivity index (χ1v) is 14.6. The third-order valence-electron chi connectivity index (χ3n) is 6.58. The summed E-state index contributed by atoms with van der Waals surface area (Å²) in [4.78, 5) is 0.671. The quantitative estimate of drug-likeness (QED) is 0.209. The molecule has 1 aliphatic carbocycles. The molecular formula is C28H31Cl2NO2S2. The van der Waals surface area contributed by atoms with E-state index in [9.17, 15) is 4.21 Å². The molecule has 1 aromatic heterocycles. The van der Waals surface area contributed by atoms with Gasteiger partial charge >= 0.3 is 0 Å². The number of hydrogen-bond acceptors (Lipinski definition) is 3. The van der Waals surface area contributed by atoms with Crippen LogP contribution in [0.4, 0.5) is 0 Å². The second-order valence-electron chi connectivity index (χ2n) is 9.08. The molecule has 0 spiro atoms. The summed E-state index contributed by atoms with van der Waals surface area (Å²) in [7, 11) is 0.757. The molecule has 2 aromatic carbocycles. The van der Waals surface area contributed by atoms with Crippen LogP contribution in [-0.4, -0.2) is 27.7 Å². The van der Waals surface area contributed by atoms with Crippen LogP contribution < -0.4 is 0 Å². The van der Waals surface area contributed by atoms with Gasteiger partial charge in [0.1, 0.15) is 0 Å². The van der Waals surface area contributed by atoms with E-state index in [0.29, 0.717) is 39.3 Å². The van der Waals surface area contributed by atoms with Crippen molar-refractivity contribution in [2.75, 3.05) is 19.0 Å². The van der Waals surface area contributed by atoms with Crippen LogP contribution >= 0.6 is 35.4 Å². The van der Waals surface area contributed by atoms with Crippen LogP contribution in [0, 0.1) is 4.51 Å². The fraction of sp³-hybridized carbons (Fsp3) is 0.393. The zero-order chi connectivity index (χ0) is 24.9. The van der Waals surface area contributed by atoms with Gasteiger partial charge in [-0.05, 0) is 61.1 Å². The smallest absolute Gasteiger partial charge is 0.0585 e. The average Bonchev–Trinajstić information content (AvgIpc) is 2.85. The van der Waals surface area contributed by atoms with Crippen LogP contribution in [0.1, 0.15) is 50.5 Å². The summed E-state index contributed by atoms with van der Waals surface area (Å²) in [5.74, 6) is 1.01. The first kappa shape index (κ1) is 26.6. The van der Waals surface area contributed by atoms with Crippen LogP contribution in [0.15, 0.2) is 53.7 Å². The molecular weight excluding hydrogens is 517 g/mol. The van der Waals surface area contributed by atoms with Crippen molar-refractivity contribution in [1.29, 1.82) is 0 Å². The SMILES string of the molecule is CCOCCS(=O)c1cc(Cl)cc(-c2cn(C)cc(-c3ccc(C4CCCCC4)cc3Cl)c2=S)c1. The van der Waals surface area contributed by atoms with E-state index in [1.54, 1.807) is 6.07 Å². The van der Waals surface area contributed by atoms with E-state index in [0.717, 1.165) is 27.3 Å². The Labute approximate surface area is 225 Å². The number of pyridine rings is 1. The van der Waals surface area contributed by atoms with Gasteiger partial charge < -0.3 is 9.30 Å². The molecule has 186 valence electrons. The van der Waals surface area contributed by atoms with Crippen LogP contribution in [0.25, 0.3) is 22.3 Å². The molecule has 7 heteroatoms. The average molecular weight is 549 g/mol. The number of nitrogens with zero attached hydrogens (tertiary/aromatic N) is 1. The van der Waals surface area contributed by atoms with Crippen LogP contribution in [-0.2, 0) is 22.6 Å². The van der Waals surface area contributed by atoms with E-state index in [1.807, 2.05) is 43.1 Å². The number of hydrogen-bond donors (Lipinski definition) is 0. The van der Waals surface area contributed by atoms with Crippen molar-refractivity contribution >= 4 is 46.2 Å². The number of aromatic nitrogens is 1. The number of ether oxygens (including phenoxy) is 1. The summed E-state index contributed by atoms with van der Waals surface area (Å²) in [6, 6.07) is 12.0. The molecule has 1 heterocycles. The van der Waals surface area contributed by atoms with Gasteiger partial charge in [0.2, 0.25) is 0 Å². The largest absolute Gasteiger partial charge is 0.381 e. The first-order valence-electron chi connectivity index (χ1n) is 12.1. The minimum atomic E-state index is -1.21. The van der Waals surface area contributed by atoms with Crippen molar-refractivity contribution in [2.24, 2.45) is 7.05 Å². The van der Waals surface area contributed by atoms with E-state index < -0.39 is 10.8 Å². The van der Waals surface area contributed by atoms with Crippen molar-refractivity contribution in [1.82, 2.24) is 4.57 Å². The lowest BCUT2D eigenvalue weighted by atomic mass is 9.83. The Hall–Kier alpha value is -1.50. The lowest BCUT2D eigenvalue weighted by Crippen LogP contribution is -2.06. The first-order chi connectivity index (χ1) is 16.9. The lowest BCUT2D eigenvalue weighted by molar-refractivity contribution is 0.164. The fourth-order valence-corrected chi connectivity index (χ4v) is 6.74. The van der Waals surface area contributed by atoms with E-state index in [-0.39, 0.29) is 0 Å². The Bertz CT molecular complexity index is 1280. The van der Waals surface area contributed by atoms with E-state index >= 15 is 0 Å². The Balaban J connectivity index is 1.71. The maximum Gasteiger partial charge on any atom is 0.0585 e. The predicted octanol–water partition coefficient (Wildman–Crippen LogP) is 8.59. The van der Waals surface area contributed by atoms with Gasteiger partial charge in [-0.2, -0.15) is 0 Å². The zero-order valence-electron chi connectivity index (χ0n) is 20.2. The highest BCUT2D eigenvalue weighted by atomic mass is 35.5. The maximum absolute atomic E-state index is 12.8. The van der Waals surface area contributed by atoms with Crippen molar-refractivity contribution in [3.05, 3.63) is 68.9 Å². The van der Waals surface area contributed by atoms with Crippen LogP contribution in [0.2, 0.25) is 10.0 Å². The minimum Gasteiger partial charge on any atom is -0.381 e. The highest BCUT2D eigenvalue weighted by Gasteiger charge is 2.18. The highest BCUT2D eigenvalue weighted by Crippen LogP contribution is 2.38. The second-order valence-corrected chi connectivity index (χ2v) is 11.9. The van der Waals surface area contributed by atoms with Crippen molar-refractivity contribution in [3.63, 3.8) is 0 Å². The molecule has 0 bridgehead atoms. The molecule has 0 aliphatic heterocycles. The third kappa shape index (κ3) is 6.44. The molecule has 0 N–H and O–H groups in total. The molecule has 1 aliphatic rings. The third-order valence-corrected chi connectivity index (χ3v) is 8.85. The van der Waals surface area contributed by atoms with Crippen molar-refractivity contribution < 1.29 is 8.95 Å². The summed E-state index contributed by atoms with van der Waals surface area (Å²) in [6.07, 6.45) is 10.4. The maximum atomic E-state index is 12.8. The van der Waals surface area contributed by atoms with Gasteiger partial charge in [0.05, 0.1) is 27.7 Å². The molecule has 4 rings (SSSR count). The second kappa shape index (κ2) is 12.2. The molecule has 0 saturated heterocycles. The van der Waals surface area contributed by atoms with Gasteiger partial charge in [-0.15, -0.1) is 0 Å². The summed E-state index contributed by atoms with van der Waals surface area (Å²) >= 11 is 19.2. The topological polar surface area (TPSA) is 31.2 Å². The molecule has 35 heavy (non-hydrogen) atoms. The van der Waals surface area contributed by atoms with Gasteiger partial charge in [-0.1, -0.05) is 66.8 Å². The molecule has 0 radical (unpaired) electrons. The van der Waals surface area contributed by atoms with E-state index in [2.05, 4.69) is 18.2 Å². The zero-order valence-corrected chi connectivity index (χ0v) is 23.3. The number of halogens is 2. The molecule has 1 unspecified atom stereocenters.